The molecule has 0 heterocycles. The summed E-state index contributed by atoms with van der Waals surface area (Å²) < 4.78 is 37.8. The van der Waals surface area contributed by atoms with Gasteiger partial charge in [0.2, 0.25) is 0 Å². The minimum absolute atomic E-state index is 0.159. The molecule has 2 saturated carbocycles. The molecule has 2 aliphatic carbocycles. The summed E-state index contributed by atoms with van der Waals surface area (Å²) >= 11 is 0. The van der Waals surface area contributed by atoms with E-state index in [1.165, 1.54) is 88.2 Å². The van der Waals surface area contributed by atoms with Crippen molar-refractivity contribution in [1.82, 2.24) is 0 Å². The largest absolute Gasteiger partial charge is 0.543 e. The first-order chi connectivity index (χ1) is 34.2. The van der Waals surface area contributed by atoms with Gasteiger partial charge in [-0.1, -0.05) is 105 Å². The molecule has 0 atom stereocenters. The molecule has 72 heavy (non-hydrogen) atoms. The summed E-state index contributed by atoms with van der Waals surface area (Å²) in [7, 11) is -4.94. The summed E-state index contributed by atoms with van der Waals surface area (Å²) in [5.74, 6) is 4.78. The van der Waals surface area contributed by atoms with Gasteiger partial charge in [0.1, 0.15) is 34.1 Å². The van der Waals surface area contributed by atoms with E-state index in [0.29, 0.717) is 36.5 Å². The third kappa shape index (κ3) is 18.3. The van der Waals surface area contributed by atoms with Crippen molar-refractivity contribution in [3.8, 4) is 23.0 Å². The maximum atomic E-state index is 14.1. The minimum atomic E-state index is -2.47. The predicted molar refractivity (Wildman–Crippen MR) is 303 cm³/mol. The monoisotopic (exact) mass is 1030 g/mol. The molecule has 8 nitrogen and oxygen atoms in total. The van der Waals surface area contributed by atoms with Crippen LogP contribution in [0.2, 0.25) is 36.3 Å². The van der Waals surface area contributed by atoms with E-state index >= 15 is 0 Å². The smallest absolute Gasteiger partial charge is 0.342 e. The van der Waals surface area contributed by atoms with Crippen LogP contribution in [-0.2, 0) is 9.47 Å². The molecule has 0 bridgehead atoms. The van der Waals surface area contributed by atoms with E-state index in [2.05, 4.69) is 130 Å². The lowest BCUT2D eigenvalue weighted by Crippen LogP contribution is -2.45. The molecule has 3 aromatic rings. The third-order valence-electron chi connectivity index (χ3n) is 16.7. The molecule has 0 amide bonds. The first-order valence-corrected chi connectivity index (χ1v) is 34.4. The summed E-state index contributed by atoms with van der Waals surface area (Å²) in [6, 6.07) is 20.9. The Morgan fingerprint density at radius 3 is 1.10 bits per heavy atom. The zero-order valence-electron chi connectivity index (χ0n) is 47.3. The Labute approximate surface area is 440 Å². The molecule has 3 aromatic carbocycles. The van der Waals surface area contributed by atoms with Crippen LogP contribution in [0, 0.1) is 11.8 Å². The first kappa shape index (κ1) is 59.1. The summed E-state index contributed by atoms with van der Waals surface area (Å²) in [4.78, 5) is 28.2. The van der Waals surface area contributed by atoms with Crippen LogP contribution >= 0.6 is 0 Å². The fourth-order valence-corrected chi connectivity index (χ4v) is 12.0. The molecule has 0 aliphatic heterocycles. The van der Waals surface area contributed by atoms with Crippen LogP contribution in [0.4, 0.5) is 0 Å². The van der Waals surface area contributed by atoms with Gasteiger partial charge >= 0.3 is 11.9 Å². The third-order valence-corrected chi connectivity index (χ3v) is 25.4. The van der Waals surface area contributed by atoms with E-state index in [4.69, 9.17) is 27.8 Å². The van der Waals surface area contributed by atoms with Crippen LogP contribution in [0.3, 0.4) is 0 Å². The molecular weight excluding hydrogens is 929 g/mol. The number of carbonyl (C=O) groups is 2. The van der Waals surface area contributed by atoms with Crippen LogP contribution in [-0.4, -0.2) is 55.0 Å². The Bertz CT molecular complexity index is 1920. The number of hydrogen-bond donors (Lipinski definition) is 0. The summed E-state index contributed by atoms with van der Waals surface area (Å²) in [5.41, 5.74) is 3.45. The lowest BCUT2D eigenvalue weighted by Gasteiger charge is -2.38. The molecule has 5 rings (SSSR count). The van der Waals surface area contributed by atoms with Gasteiger partial charge in [0, 0.05) is 0 Å². The highest BCUT2D eigenvalue weighted by Gasteiger charge is 2.42. The van der Waals surface area contributed by atoms with E-state index in [1.54, 1.807) is 12.1 Å². The van der Waals surface area contributed by atoms with Gasteiger partial charge < -0.3 is 27.8 Å². The van der Waals surface area contributed by atoms with Crippen molar-refractivity contribution in [2.75, 3.05) is 26.4 Å². The van der Waals surface area contributed by atoms with Gasteiger partial charge in [-0.15, -0.1) is 0 Å². The quantitative estimate of drug-likeness (QED) is 0.0404. The summed E-state index contributed by atoms with van der Waals surface area (Å²) in [6.07, 6.45) is 23.1. The van der Waals surface area contributed by atoms with Crippen molar-refractivity contribution >= 4 is 28.6 Å². The van der Waals surface area contributed by atoms with Crippen molar-refractivity contribution in [1.29, 1.82) is 0 Å². The van der Waals surface area contributed by atoms with Crippen LogP contribution in [0.25, 0.3) is 0 Å². The Morgan fingerprint density at radius 1 is 0.472 bits per heavy atom. The standard InChI is InChI=1S/C62H98O8Si2/c1-13-23-47-25-29-49(30-26-47)51-33-37-53(38-34-51)65-41-19-15-17-21-43-67-59(63)55-45-58(70-72(11,12)62(6,7)8)56(46-57(55)69-71(9,10)61(3,4)5)60(64)68-44-22-18-16-20-42-66-54-39-35-52(36-40-54)50-31-27-48(24-14-2)28-32-50/h33-40,45-50H,13-32,41-44H2,1-12H3. The van der Waals surface area contributed by atoms with Gasteiger partial charge in [0.15, 0.2) is 0 Å². The highest BCUT2D eigenvalue weighted by molar-refractivity contribution is 6.75. The second-order valence-corrected chi connectivity index (χ2v) is 34.0. The predicted octanol–water partition coefficient (Wildman–Crippen LogP) is 18.2. The Morgan fingerprint density at radius 2 is 0.792 bits per heavy atom. The van der Waals surface area contributed by atoms with Crippen molar-refractivity contribution < 1.29 is 37.4 Å². The number of hydrogen-bond acceptors (Lipinski definition) is 8. The SMILES string of the molecule is CCCC1CCC(c2ccc(OCCCCCCOC(=O)c3cc(O[Si](C)(C)C(C)(C)C)c(C(=O)OCCCCCCOc4ccc(C5CCC(CCC)CC5)cc4)cc3O[Si](C)(C)C(C)(C)C)cc2)CC1. The normalized spacial score (nSPS) is 18.8. The van der Waals surface area contributed by atoms with Gasteiger partial charge in [-0.25, -0.2) is 9.59 Å². The van der Waals surface area contributed by atoms with Gasteiger partial charge in [-0.3, -0.25) is 0 Å². The minimum Gasteiger partial charge on any atom is -0.543 e. The molecule has 0 aromatic heterocycles. The van der Waals surface area contributed by atoms with E-state index in [-0.39, 0.29) is 34.4 Å². The zero-order chi connectivity index (χ0) is 52.4. The van der Waals surface area contributed by atoms with Crippen molar-refractivity contribution in [2.45, 2.75) is 232 Å². The molecule has 10 heteroatoms. The second-order valence-electron chi connectivity index (χ2n) is 24.5. The van der Waals surface area contributed by atoms with Crippen LogP contribution in [0.15, 0.2) is 60.7 Å². The molecule has 402 valence electrons. The number of ether oxygens (including phenoxy) is 4. The molecule has 0 N–H and O–H groups in total. The first-order valence-electron chi connectivity index (χ1n) is 28.6. The lowest BCUT2D eigenvalue weighted by molar-refractivity contribution is 0.0478. The van der Waals surface area contributed by atoms with Crippen LogP contribution in [0.5, 0.6) is 23.0 Å². The zero-order valence-corrected chi connectivity index (χ0v) is 49.3. The van der Waals surface area contributed by atoms with E-state index < -0.39 is 28.6 Å². The fraction of sp³-hybridized carbons (Fsp3) is 0.677. The maximum Gasteiger partial charge on any atom is 0.342 e. The maximum absolute atomic E-state index is 14.1. The van der Waals surface area contributed by atoms with Gasteiger partial charge in [-0.2, -0.15) is 0 Å². The molecule has 0 spiro atoms. The van der Waals surface area contributed by atoms with E-state index in [1.807, 2.05) is 0 Å². The van der Waals surface area contributed by atoms with Gasteiger partial charge in [-0.05, 0) is 210 Å². The Hall–Kier alpha value is -3.77. The van der Waals surface area contributed by atoms with Crippen molar-refractivity contribution in [3.05, 3.63) is 82.9 Å². The van der Waals surface area contributed by atoms with Crippen LogP contribution < -0.4 is 18.3 Å². The van der Waals surface area contributed by atoms with Crippen molar-refractivity contribution in [2.24, 2.45) is 11.8 Å². The number of rotatable bonds is 28. The van der Waals surface area contributed by atoms with Crippen LogP contribution in [0.1, 0.15) is 227 Å². The molecule has 0 radical (unpaired) electrons. The van der Waals surface area contributed by atoms with Crippen molar-refractivity contribution in [3.63, 3.8) is 0 Å². The lowest BCUT2D eigenvalue weighted by atomic mass is 9.77. The molecule has 2 fully saturated rings. The fourth-order valence-electron chi connectivity index (χ4n) is 9.94. The van der Waals surface area contributed by atoms with E-state index in [0.717, 1.165) is 74.7 Å². The molecule has 2 aliphatic rings. The van der Waals surface area contributed by atoms with Gasteiger partial charge in [0.05, 0.1) is 26.4 Å². The number of benzene rings is 3. The molecule has 0 saturated heterocycles. The highest BCUT2D eigenvalue weighted by Crippen LogP contribution is 2.44. The summed E-state index contributed by atoms with van der Waals surface area (Å²) in [5, 5.41) is -0.317. The Kier molecular flexibility index (Phi) is 23.2. The second kappa shape index (κ2) is 28.2. The molecular formula is C62H98O8Si2. The Balaban J connectivity index is 1.11. The average Bonchev–Trinajstić information content (AvgIpc) is 3.33. The topological polar surface area (TPSA) is 89.5 Å². The number of unbranched alkanes of at least 4 members (excludes halogenated alkanes) is 6. The van der Waals surface area contributed by atoms with E-state index in [9.17, 15) is 9.59 Å². The highest BCUT2D eigenvalue weighted by atomic mass is 28.4. The number of esters is 2. The van der Waals surface area contributed by atoms with Gasteiger partial charge in [0.25, 0.3) is 16.6 Å². The average molecular weight is 1030 g/mol. The number of carbonyl (C=O) groups excluding carboxylic acids is 2. The molecule has 0 unspecified atom stereocenters. The summed E-state index contributed by atoms with van der Waals surface area (Å²) in [6.45, 7) is 28.0.